The van der Waals surface area contributed by atoms with Crippen LogP contribution in [0.15, 0.2) is 12.1 Å². The number of aldehydes is 1. The number of carbonyl (C=O) groups is 2. The Morgan fingerprint density at radius 2 is 1.94 bits per heavy atom. The maximum Gasteiger partial charge on any atom is 0.167 e. The highest BCUT2D eigenvalue weighted by molar-refractivity contribution is 6.03. The van der Waals surface area contributed by atoms with Gasteiger partial charge in [-0.25, -0.2) is 0 Å². The van der Waals surface area contributed by atoms with E-state index in [0.717, 1.165) is 11.8 Å². The Hall–Kier alpha value is -1.84. The Labute approximate surface area is 99.5 Å². The smallest absolute Gasteiger partial charge is 0.167 e. The van der Waals surface area contributed by atoms with Gasteiger partial charge in [0, 0.05) is 17.9 Å². The van der Waals surface area contributed by atoms with Crippen molar-refractivity contribution < 1.29 is 19.1 Å². The minimum Gasteiger partial charge on any atom is -0.493 e. The number of carbonyl (C=O) groups excluding carboxylic acids is 2. The lowest BCUT2D eigenvalue weighted by atomic mass is 10.0. The summed E-state index contributed by atoms with van der Waals surface area (Å²) in [5.41, 5.74) is 1.58. The predicted molar refractivity (Wildman–Crippen MR) is 61.8 cm³/mol. The summed E-state index contributed by atoms with van der Waals surface area (Å²) >= 11 is 0. The Morgan fingerprint density at radius 1 is 1.29 bits per heavy atom. The van der Waals surface area contributed by atoms with Gasteiger partial charge in [0.15, 0.2) is 17.3 Å². The highest BCUT2D eigenvalue weighted by Crippen LogP contribution is 2.37. The molecule has 4 nitrogen and oxygen atoms in total. The molecule has 0 spiro atoms. The van der Waals surface area contributed by atoms with Gasteiger partial charge in [0.25, 0.3) is 0 Å². The van der Waals surface area contributed by atoms with Crippen molar-refractivity contribution >= 4 is 12.1 Å². The van der Waals surface area contributed by atoms with Gasteiger partial charge in [-0.1, -0.05) is 0 Å². The highest BCUT2D eigenvalue weighted by atomic mass is 16.5. The molecule has 0 saturated heterocycles. The van der Waals surface area contributed by atoms with E-state index in [2.05, 4.69) is 0 Å². The maximum atomic E-state index is 12.0. The summed E-state index contributed by atoms with van der Waals surface area (Å²) < 4.78 is 10.3. The van der Waals surface area contributed by atoms with Crippen molar-refractivity contribution in [2.75, 3.05) is 14.2 Å². The van der Waals surface area contributed by atoms with Gasteiger partial charge in [-0.3, -0.25) is 4.79 Å². The van der Waals surface area contributed by atoms with Crippen molar-refractivity contribution in [1.82, 2.24) is 0 Å². The van der Waals surface area contributed by atoms with Crippen molar-refractivity contribution in [3.05, 3.63) is 23.3 Å². The molecule has 1 atom stereocenters. The highest BCUT2D eigenvalue weighted by Gasteiger charge is 2.31. The molecule has 0 unspecified atom stereocenters. The van der Waals surface area contributed by atoms with Gasteiger partial charge < -0.3 is 14.3 Å². The van der Waals surface area contributed by atoms with E-state index in [1.807, 2.05) is 6.07 Å². The minimum absolute atomic E-state index is 0.0213. The Bertz CT molecular complexity index is 465. The molecular weight excluding hydrogens is 220 g/mol. The summed E-state index contributed by atoms with van der Waals surface area (Å²) in [6.07, 6.45) is 1.67. The molecule has 0 N–H and O–H groups in total. The quantitative estimate of drug-likeness (QED) is 0.743. The third-order valence-corrected chi connectivity index (χ3v) is 3.09. The van der Waals surface area contributed by atoms with Crippen LogP contribution < -0.4 is 9.47 Å². The van der Waals surface area contributed by atoms with Crippen LogP contribution in [-0.4, -0.2) is 26.3 Å². The summed E-state index contributed by atoms with van der Waals surface area (Å²) in [5, 5.41) is 0. The lowest BCUT2D eigenvalue weighted by Crippen LogP contribution is -2.09. The number of benzene rings is 1. The van der Waals surface area contributed by atoms with Gasteiger partial charge in [0.05, 0.1) is 14.2 Å². The fourth-order valence-corrected chi connectivity index (χ4v) is 2.20. The van der Waals surface area contributed by atoms with Crippen molar-refractivity contribution in [3.8, 4) is 11.5 Å². The average molecular weight is 234 g/mol. The number of fused-ring (bicyclic) bond motifs is 1. The maximum absolute atomic E-state index is 12.0. The Morgan fingerprint density at radius 3 is 2.53 bits per heavy atom. The monoisotopic (exact) mass is 234 g/mol. The van der Waals surface area contributed by atoms with Gasteiger partial charge in [0.1, 0.15) is 6.29 Å². The second kappa shape index (κ2) is 4.57. The standard InChI is InChI=1S/C13H14O4/c1-16-11-6-9-5-8(3-4-14)13(15)10(9)7-12(11)17-2/h4,6-8H,3,5H2,1-2H3/t8-/m1/s1. The van der Waals surface area contributed by atoms with Crippen LogP contribution in [0.4, 0.5) is 0 Å². The van der Waals surface area contributed by atoms with E-state index in [4.69, 9.17) is 9.47 Å². The lowest BCUT2D eigenvalue weighted by Gasteiger charge is -2.09. The molecule has 0 bridgehead atoms. The number of rotatable bonds is 4. The van der Waals surface area contributed by atoms with Crippen LogP contribution in [0, 0.1) is 5.92 Å². The predicted octanol–water partition coefficient (Wildman–Crippen LogP) is 1.65. The first-order valence-electron chi connectivity index (χ1n) is 5.44. The SMILES string of the molecule is COc1cc2c(cc1OC)C(=O)[C@H](CC=O)C2. The summed E-state index contributed by atoms with van der Waals surface area (Å²) in [7, 11) is 3.09. The Balaban J connectivity index is 2.41. The molecule has 0 amide bonds. The van der Waals surface area contributed by atoms with E-state index in [0.29, 0.717) is 23.5 Å². The molecule has 2 rings (SSSR count). The molecule has 0 aromatic heterocycles. The van der Waals surface area contributed by atoms with Crippen molar-refractivity contribution in [3.63, 3.8) is 0 Å². The molecule has 0 radical (unpaired) electrons. The number of ketones is 1. The first-order chi connectivity index (χ1) is 8.21. The average Bonchev–Trinajstić information content (AvgIpc) is 2.65. The van der Waals surface area contributed by atoms with Crippen LogP contribution in [0.1, 0.15) is 22.3 Å². The summed E-state index contributed by atoms with van der Waals surface area (Å²) in [4.78, 5) is 22.5. The first-order valence-corrected chi connectivity index (χ1v) is 5.44. The van der Waals surface area contributed by atoms with Gasteiger partial charge in [0.2, 0.25) is 0 Å². The molecule has 4 heteroatoms. The molecule has 1 aliphatic rings. The van der Waals surface area contributed by atoms with Crippen molar-refractivity contribution in [2.45, 2.75) is 12.8 Å². The zero-order valence-corrected chi connectivity index (χ0v) is 9.86. The fraction of sp³-hybridized carbons (Fsp3) is 0.385. The van der Waals surface area contributed by atoms with Crippen molar-refractivity contribution in [1.29, 1.82) is 0 Å². The van der Waals surface area contributed by atoms with Gasteiger partial charge in [-0.05, 0) is 24.1 Å². The molecule has 90 valence electrons. The zero-order valence-electron chi connectivity index (χ0n) is 9.86. The number of hydrogen-bond donors (Lipinski definition) is 0. The third-order valence-electron chi connectivity index (χ3n) is 3.09. The van der Waals surface area contributed by atoms with Crippen LogP contribution >= 0.6 is 0 Å². The molecular formula is C13H14O4. The van der Waals surface area contributed by atoms with Gasteiger partial charge >= 0.3 is 0 Å². The topological polar surface area (TPSA) is 52.6 Å². The van der Waals surface area contributed by atoms with Crippen LogP contribution in [-0.2, 0) is 11.2 Å². The number of methoxy groups -OCH3 is 2. The molecule has 0 heterocycles. The molecule has 0 aliphatic heterocycles. The molecule has 0 saturated carbocycles. The third kappa shape index (κ3) is 1.90. The fourth-order valence-electron chi connectivity index (χ4n) is 2.20. The zero-order chi connectivity index (χ0) is 12.4. The summed E-state index contributed by atoms with van der Waals surface area (Å²) in [6, 6.07) is 3.51. The molecule has 1 aliphatic carbocycles. The van der Waals surface area contributed by atoms with Crippen LogP contribution in [0.25, 0.3) is 0 Å². The van der Waals surface area contributed by atoms with E-state index < -0.39 is 0 Å². The lowest BCUT2D eigenvalue weighted by molar-refractivity contribution is -0.108. The number of hydrogen-bond acceptors (Lipinski definition) is 4. The molecule has 1 aromatic carbocycles. The van der Waals surface area contributed by atoms with E-state index in [-0.39, 0.29) is 18.1 Å². The van der Waals surface area contributed by atoms with Crippen LogP contribution in [0.2, 0.25) is 0 Å². The largest absolute Gasteiger partial charge is 0.493 e. The molecule has 1 aromatic rings. The second-order valence-corrected chi connectivity index (χ2v) is 4.03. The second-order valence-electron chi connectivity index (χ2n) is 4.03. The summed E-state index contributed by atoms with van der Waals surface area (Å²) in [5.74, 6) is 0.963. The van der Waals surface area contributed by atoms with Crippen molar-refractivity contribution in [2.24, 2.45) is 5.92 Å². The number of ether oxygens (including phenoxy) is 2. The normalized spacial score (nSPS) is 17.8. The van der Waals surface area contributed by atoms with E-state index in [1.54, 1.807) is 13.2 Å². The Kier molecular flexibility index (Phi) is 3.13. The van der Waals surface area contributed by atoms with Gasteiger partial charge in [-0.15, -0.1) is 0 Å². The molecule has 0 fully saturated rings. The van der Waals surface area contributed by atoms with Gasteiger partial charge in [-0.2, -0.15) is 0 Å². The minimum atomic E-state index is -0.223. The first kappa shape index (κ1) is 11.6. The van der Waals surface area contributed by atoms with E-state index in [9.17, 15) is 9.59 Å². The van der Waals surface area contributed by atoms with E-state index >= 15 is 0 Å². The van der Waals surface area contributed by atoms with Crippen LogP contribution in [0.3, 0.4) is 0 Å². The van der Waals surface area contributed by atoms with E-state index in [1.165, 1.54) is 7.11 Å². The van der Waals surface area contributed by atoms with Crippen LogP contribution in [0.5, 0.6) is 11.5 Å². The molecule has 17 heavy (non-hydrogen) atoms. The number of Topliss-reactive ketones (excluding diaryl/α,β-unsaturated/α-hetero) is 1. The summed E-state index contributed by atoms with van der Waals surface area (Å²) in [6.45, 7) is 0.